The van der Waals surface area contributed by atoms with Gasteiger partial charge in [-0.15, -0.1) is 23.1 Å². The number of allylic oxidation sites excluding steroid dienone is 4. The first-order valence-electron chi connectivity index (χ1n) is 19.4. The van der Waals surface area contributed by atoms with Crippen LogP contribution in [0.1, 0.15) is 53.5 Å². The number of hydrogen-bond acceptors (Lipinski definition) is 4. The van der Waals surface area contributed by atoms with E-state index in [1.165, 1.54) is 86.9 Å². The van der Waals surface area contributed by atoms with Gasteiger partial charge in [0.1, 0.15) is 0 Å². The molecule has 3 aliphatic heterocycles. The molecule has 55 heavy (non-hydrogen) atoms. The summed E-state index contributed by atoms with van der Waals surface area (Å²) in [5.74, 6) is 0.627. The highest BCUT2D eigenvalue weighted by Gasteiger charge is 2.41. The average molecular weight is 743 g/mol. The lowest BCUT2D eigenvalue weighted by molar-refractivity contribution is 0.629. The maximum atomic E-state index is 2.57. The van der Waals surface area contributed by atoms with E-state index in [0.29, 0.717) is 11.2 Å². The molecule has 4 atom stereocenters. The van der Waals surface area contributed by atoms with Gasteiger partial charge in [-0.3, -0.25) is 0 Å². The highest BCUT2D eigenvalue weighted by molar-refractivity contribution is 8.00. The first-order chi connectivity index (χ1) is 27.0. The SMILES string of the molecule is CC1(C)c2ccccc2N(C2=CC3c4ccccc4SC3C=C2)c2ccc(C3=CC4c5ccccc5N(c5ccc6sc7ccccc7c6c5)C4C=C3)cc21. The molecule has 4 unspecified atom stereocenters. The second-order valence-electron chi connectivity index (χ2n) is 16.0. The normalized spacial score (nSPS) is 22.4. The summed E-state index contributed by atoms with van der Waals surface area (Å²) >= 11 is 3.88. The van der Waals surface area contributed by atoms with Crippen molar-refractivity contribution in [3.05, 3.63) is 203 Å². The molecule has 6 aromatic carbocycles. The fourth-order valence-corrected chi connectivity index (χ4v) is 12.5. The van der Waals surface area contributed by atoms with Crippen molar-refractivity contribution in [2.75, 3.05) is 9.80 Å². The van der Waals surface area contributed by atoms with Crippen LogP contribution in [0, 0.1) is 0 Å². The molecule has 12 rings (SSSR count). The van der Waals surface area contributed by atoms with Crippen molar-refractivity contribution in [3.63, 3.8) is 0 Å². The third-order valence-electron chi connectivity index (χ3n) is 12.7. The summed E-state index contributed by atoms with van der Waals surface area (Å²) in [6, 6.07) is 50.3. The standard InChI is InChI=1S/C51H38N2S2/c1-51(2)41-14-6-8-16-45(41)53(34-22-26-50-40(30-34)37-13-5-10-18-48(37)55-50)46-24-20-32(28-42(46)51)31-19-23-44-38(27-31)35-11-3-7-15-43(35)52(44)33-21-25-49-39(29-33)36-12-4-9-17-47(36)54-49/h3-30,38,40,44,50H,1-2H3. The van der Waals surface area contributed by atoms with E-state index in [2.05, 4.69) is 194 Å². The molecule has 2 nitrogen and oxygen atoms in total. The van der Waals surface area contributed by atoms with Crippen molar-refractivity contribution in [2.24, 2.45) is 0 Å². The second kappa shape index (κ2) is 11.7. The van der Waals surface area contributed by atoms with E-state index in [1.807, 2.05) is 23.1 Å². The van der Waals surface area contributed by atoms with Gasteiger partial charge in [0.25, 0.3) is 0 Å². The molecule has 4 heteroatoms. The molecule has 0 saturated carbocycles. The fraction of sp³-hybridized carbons (Fsp3) is 0.137. The maximum absolute atomic E-state index is 2.57. The van der Waals surface area contributed by atoms with Gasteiger partial charge in [0, 0.05) is 64.6 Å². The van der Waals surface area contributed by atoms with E-state index < -0.39 is 0 Å². The first-order valence-corrected chi connectivity index (χ1v) is 21.1. The zero-order chi connectivity index (χ0) is 36.4. The monoisotopic (exact) mass is 742 g/mol. The van der Waals surface area contributed by atoms with Gasteiger partial charge in [-0.2, -0.15) is 0 Å². The predicted octanol–water partition coefficient (Wildman–Crippen LogP) is 13.8. The molecule has 1 aromatic heterocycles. The second-order valence-corrected chi connectivity index (χ2v) is 18.3. The van der Waals surface area contributed by atoms with E-state index >= 15 is 0 Å². The largest absolute Gasteiger partial charge is 0.333 e. The van der Waals surface area contributed by atoms with Crippen molar-refractivity contribution >= 4 is 71.6 Å². The van der Waals surface area contributed by atoms with Crippen molar-refractivity contribution in [3.8, 4) is 0 Å². The molecule has 0 fully saturated rings. The quantitative estimate of drug-likeness (QED) is 0.178. The molecule has 0 amide bonds. The van der Waals surface area contributed by atoms with Gasteiger partial charge in [-0.05, 0) is 94.1 Å². The number of nitrogens with zero attached hydrogens (tertiary/aromatic N) is 2. The Morgan fingerprint density at radius 2 is 1.35 bits per heavy atom. The van der Waals surface area contributed by atoms with Crippen LogP contribution in [0.3, 0.4) is 0 Å². The summed E-state index contributed by atoms with van der Waals surface area (Å²) in [5.41, 5.74) is 14.3. The summed E-state index contributed by atoms with van der Waals surface area (Å²) in [6.45, 7) is 4.80. The van der Waals surface area contributed by atoms with Crippen LogP contribution in [-0.2, 0) is 5.41 Å². The number of para-hydroxylation sites is 2. The van der Waals surface area contributed by atoms with Gasteiger partial charge in [0.05, 0.1) is 17.4 Å². The Bertz CT molecular complexity index is 2890. The highest BCUT2D eigenvalue weighted by Crippen LogP contribution is 2.55. The fourth-order valence-electron chi connectivity index (χ4n) is 10.1. The molecular weight excluding hydrogens is 705 g/mol. The van der Waals surface area contributed by atoms with Gasteiger partial charge >= 0.3 is 0 Å². The van der Waals surface area contributed by atoms with Crippen molar-refractivity contribution in [1.29, 1.82) is 0 Å². The Morgan fingerprint density at radius 3 is 2.27 bits per heavy atom. The summed E-state index contributed by atoms with van der Waals surface area (Å²) in [7, 11) is 0. The summed E-state index contributed by atoms with van der Waals surface area (Å²) in [6.07, 6.45) is 14.7. The maximum Gasteiger partial charge on any atom is 0.0630 e. The lowest BCUT2D eigenvalue weighted by atomic mass is 9.72. The number of rotatable bonds is 3. The Morgan fingerprint density at radius 1 is 0.582 bits per heavy atom. The topological polar surface area (TPSA) is 6.48 Å². The van der Waals surface area contributed by atoms with Crippen molar-refractivity contribution < 1.29 is 0 Å². The van der Waals surface area contributed by atoms with E-state index in [-0.39, 0.29) is 17.4 Å². The molecule has 0 spiro atoms. The highest BCUT2D eigenvalue weighted by atomic mass is 32.2. The number of benzene rings is 6. The number of thioether (sulfide) groups is 1. The van der Waals surface area contributed by atoms with Crippen LogP contribution < -0.4 is 9.80 Å². The summed E-state index contributed by atoms with van der Waals surface area (Å²) in [4.78, 5) is 6.50. The Labute approximate surface area is 330 Å². The lowest BCUT2D eigenvalue weighted by Crippen LogP contribution is -2.33. The number of fused-ring (bicyclic) bond motifs is 11. The third-order valence-corrected chi connectivity index (χ3v) is 15.2. The molecule has 0 radical (unpaired) electrons. The van der Waals surface area contributed by atoms with E-state index in [0.717, 1.165) is 0 Å². The number of thiophene rings is 1. The van der Waals surface area contributed by atoms with Crippen LogP contribution in [0.15, 0.2) is 181 Å². The molecule has 4 heterocycles. The Balaban J connectivity index is 0.942. The van der Waals surface area contributed by atoms with Crippen LogP contribution in [0.5, 0.6) is 0 Å². The zero-order valence-electron chi connectivity index (χ0n) is 30.7. The van der Waals surface area contributed by atoms with Gasteiger partial charge in [-0.1, -0.05) is 123 Å². The predicted molar refractivity (Wildman–Crippen MR) is 235 cm³/mol. The molecule has 7 aromatic rings. The van der Waals surface area contributed by atoms with Crippen LogP contribution in [0.25, 0.3) is 25.7 Å². The number of anilines is 4. The summed E-state index contributed by atoms with van der Waals surface area (Å²) in [5, 5.41) is 3.13. The Kier molecular flexibility index (Phi) is 6.77. The average Bonchev–Trinajstić information content (AvgIpc) is 3.90. The van der Waals surface area contributed by atoms with Crippen molar-refractivity contribution in [2.45, 2.75) is 47.3 Å². The minimum atomic E-state index is -0.168. The summed E-state index contributed by atoms with van der Waals surface area (Å²) < 4.78 is 2.69. The minimum absolute atomic E-state index is 0.168. The van der Waals surface area contributed by atoms with Crippen LogP contribution >= 0.6 is 23.1 Å². The Hall–Kier alpha value is -5.55. The molecule has 0 saturated heterocycles. The third kappa shape index (κ3) is 4.62. The van der Waals surface area contributed by atoms with Gasteiger partial charge in [0.15, 0.2) is 0 Å². The van der Waals surface area contributed by atoms with Gasteiger partial charge in [0.2, 0.25) is 0 Å². The molecule has 2 aliphatic carbocycles. The lowest BCUT2D eigenvalue weighted by Gasteiger charge is -2.43. The van der Waals surface area contributed by atoms with E-state index in [9.17, 15) is 0 Å². The molecule has 0 bridgehead atoms. The number of hydrogen-bond donors (Lipinski definition) is 0. The molecule has 0 N–H and O–H groups in total. The van der Waals surface area contributed by atoms with Gasteiger partial charge in [-0.25, -0.2) is 0 Å². The van der Waals surface area contributed by atoms with Gasteiger partial charge < -0.3 is 9.80 Å². The zero-order valence-corrected chi connectivity index (χ0v) is 32.3. The van der Waals surface area contributed by atoms with E-state index in [4.69, 9.17) is 0 Å². The molecule has 264 valence electrons. The minimum Gasteiger partial charge on any atom is -0.333 e. The first kappa shape index (κ1) is 31.8. The van der Waals surface area contributed by atoms with E-state index in [1.54, 1.807) is 0 Å². The van der Waals surface area contributed by atoms with Crippen molar-refractivity contribution in [1.82, 2.24) is 0 Å². The molecular formula is C51H38N2S2. The smallest absolute Gasteiger partial charge is 0.0630 e. The van der Waals surface area contributed by atoms with Crippen LogP contribution in [0.2, 0.25) is 0 Å². The van der Waals surface area contributed by atoms with Crippen LogP contribution in [-0.4, -0.2) is 11.3 Å². The van der Waals surface area contributed by atoms with Crippen LogP contribution in [0.4, 0.5) is 22.7 Å². The molecule has 5 aliphatic rings.